The molecule has 200 valence electrons. The van der Waals surface area contributed by atoms with Gasteiger partial charge in [0.2, 0.25) is 5.91 Å². The molecule has 0 aromatic heterocycles. The molecule has 0 spiro atoms. The lowest BCUT2D eigenvalue weighted by Gasteiger charge is -2.35. The van der Waals surface area contributed by atoms with Crippen LogP contribution in [-0.4, -0.2) is 49.3 Å². The van der Waals surface area contributed by atoms with Crippen molar-refractivity contribution < 1.29 is 19.1 Å². The number of carbonyl (C=O) groups excluding carboxylic acids is 2. The van der Waals surface area contributed by atoms with E-state index in [0.29, 0.717) is 29.4 Å². The maximum absolute atomic E-state index is 12.9. The largest absolute Gasteiger partial charge is 0.460 e. The van der Waals surface area contributed by atoms with Crippen LogP contribution in [0.1, 0.15) is 89.7 Å². The van der Waals surface area contributed by atoms with Crippen molar-refractivity contribution in [2.24, 2.45) is 0 Å². The molecule has 0 bridgehead atoms. The molecule has 0 saturated heterocycles. The lowest BCUT2D eigenvalue weighted by atomic mass is 9.95. The minimum atomic E-state index is -0.474. The highest BCUT2D eigenvalue weighted by atomic mass is 32.1. The molecule has 7 nitrogen and oxygen atoms in total. The Morgan fingerprint density at radius 2 is 1.72 bits per heavy atom. The minimum Gasteiger partial charge on any atom is -0.460 e. The molecular weight excluding hydrogens is 474 g/mol. The second kappa shape index (κ2) is 16.3. The van der Waals surface area contributed by atoms with Gasteiger partial charge in [-0.05, 0) is 43.3 Å². The third-order valence-corrected chi connectivity index (χ3v) is 6.90. The molecule has 1 aliphatic rings. The van der Waals surface area contributed by atoms with Gasteiger partial charge in [0.25, 0.3) is 0 Å². The molecule has 1 atom stereocenters. The summed E-state index contributed by atoms with van der Waals surface area (Å²) in [5.41, 5.74) is 2.74. The molecule has 0 aliphatic carbocycles. The van der Waals surface area contributed by atoms with E-state index < -0.39 is 12.0 Å². The normalized spacial score (nSPS) is 15.6. The van der Waals surface area contributed by atoms with Gasteiger partial charge in [-0.1, -0.05) is 70.4 Å². The van der Waals surface area contributed by atoms with Gasteiger partial charge in [0.1, 0.15) is 6.61 Å². The van der Waals surface area contributed by atoms with Crippen molar-refractivity contribution in [3.05, 3.63) is 41.1 Å². The third-order valence-electron chi connectivity index (χ3n) is 6.51. The summed E-state index contributed by atoms with van der Waals surface area (Å²) in [6.07, 6.45) is 11.5. The average Bonchev–Trinajstić information content (AvgIpc) is 2.86. The fraction of sp³-hybridized carbons (Fsp3) is 0.607. The molecule has 0 saturated carbocycles. The molecule has 36 heavy (non-hydrogen) atoms. The van der Waals surface area contributed by atoms with Crippen LogP contribution in [0.2, 0.25) is 0 Å². The van der Waals surface area contributed by atoms with Gasteiger partial charge >= 0.3 is 5.97 Å². The summed E-state index contributed by atoms with van der Waals surface area (Å²) >= 11 is 5.47. The van der Waals surface area contributed by atoms with Crippen molar-refractivity contribution in [1.82, 2.24) is 10.2 Å². The quantitative estimate of drug-likeness (QED) is 0.161. The summed E-state index contributed by atoms with van der Waals surface area (Å²) in [4.78, 5) is 27.2. The van der Waals surface area contributed by atoms with E-state index in [0.717, 1.165) is 24.1 Å². The number of esters is 1. The Bertz CT molecular complexity index is 903. The number of nitrogens with one attached hydrogen (secondary N) is 2. The van der Waals surface area contributed by atoms with Crippen LogP contribution in [0.5, 0.6) is 0 Å². The van der Waals surface area contributed by atoms with E-state index in [4.69, 9.17) is 21.7 Å². The Morgan fingerprint density at radius 3 is 2.39 bits per heavy atom. The number of hydrogen-bond acceptors (Lipinski definition) is 5. The molecule has 1 aromatic rings. The van der Waals surface area contributed by atoms with Crippen molar-refractivity contribution in [1.29, 1.82) is 0 Å². The molecule has 1 aromatic carbocycles. The van der Waals surface area contributed by atoms with E-state index >= 15 is 0 Å². The van der Waals surface area contributed by atoms with Crippen molar-refractivity contribution in [3.63, 3.8) is 0 Å². The van der Waals surface area contributed by atoms with Crippen LogP contribution in [0.25, 0.3) is 0 Å². The first kappa shape index (κ1) is 29.8. The summed E-state index contributed by atoms with van der Waals surface area (Å²) < 4.78 is 10.4. The van der Waals surface area contributed by atoms with Crippen LogP contribution in [0.3, 0.4) is 0 Å². The number of amides is 1. The van der Waals surface area contributed by atoms with E-state index in [1.165, 1.54) is 44.9 Å². The number of hydrogen-bond donors (Lipinski definition) is 2. The molecule has 0 radical (unpaired) electrons. The van der Waals surface area contributed by atoms with Gasteiger partial charge in [-0.15, -0.1) is 0 Å². The van der Waals surface area contributed by atoms with E-state index in [-0.39, 0.29) is 12.5 Å². The second-order valence-electron chi connectivity index (χ2n) is 9.32. The molecule has 0 fully saturated rings. The lowest BCUT2D eigenvalue weighted by molar-refractivity contribution is -0.140. The minimum absolute atomic E-state index is 0.00729. The fourth-order valence-electron chi connectivity index (χ4n) is 4.26. The van der Waals surface area contributed by atoms with Gasteiger partial charge in [0, 0.05) is 32.0 Å². The molecule has 1 aliphatic heterocycles. The number of thiocarbonyl (C=S) groups is 1. The zero-order chi connectivity index (χ0) is 26.3. The average molecular weight is 518 g/mol. The van der Waals surface area contributed by atoms with Gasteiger partial charge < -0.3 is 25.0 Å². The second-order valence-corrected chi connectivity index (χ2v) is 9.71. The molecule has 1 unspecified atom stereocenters. The first-order valence-corrected chi connectivity index (χ1v) is 13.6. The Hall–Kier alpha value is -2.45. The van der Waals surface area contributed by atoms with E-state index in [1.54, 1.807) is 12.0 Å². The number of nitrogens with zero attached hydrogens (tertiary/aromatic N) is 1. The molecule has 8 heteroatoms. The number of unbranched alkanes of at least 4 members (excludes halogenated alkanes) is 8. The maximum Gasteiger partial charge on any atom is 0.338 e. The van der Waals surface area contributed by atoms with Gasteiger partial charge in [-0.2, -0.15) is 0 Å². The summed E-state index contributed by atoms with van der Waals surface area (Å²) in [6.45, 7) is 4.58. The van der Waals surface area contributed by atoms with Gasteiger partial charge in [0.15, 0.2) is 5.11 Å². The highest BCUT2D eigenvalue weighted by molar-refractivity contribution is 7.80. The highest BCUT2D eigenvalue weighted by Crippen LogP contribution is 2.32. The maximum atomic E-state index is 12.9. The Labute approximate surface area is 222 Å². The SMILES string of the molecule is CCCCCCCCCCCC(=O)Nc1cccc(C2NC(=S)N(C)C(C)=C2C(=O)OCCOC)c1. The fourth-order valence-corrected chi connectivity index (χ4v) is 4.52. The van der Waals surface area contributed by atoms with Crippen LogP contribution >= 0.6 is 12.2 Å². The van der Waals surface area contributed by atoms with E-state index in [1.807, 2.05) is 38.2 Å². The third kappa shape index (κ3) is 9.54. The van der Waals surface area contributed by atoms with E-state index in [9.17, 15) is 9.59 Å². The van der Waals surface area contributed by atoms with Gasteiger partial charge in [-0.3, -0.25) is 4.79 Å². The van der Waals surface area contributed by atoms with Gasteiger partial charge in [-0.25, -0.2) is 4.79 Å². The molecule has 2 N–H and O–H groups in total. The zero-order valence-electron chi connectivity index (χ0n) is 22.4. The number of benzene rings is 1. The number of ether oxygens (including phenoxy) is 2. The van der Waals surface area contributed by atoms with Crippen molar-refractivity contribution in [3.8, 4) is 0 Å². The summed E-state index contributed by atoms with van der Waals surface area (Å²) in [6, 6.07) is 7.05. The summed E-state index contributed by atoms with van der Waals surface area (Å²) in [5.74, 6) is -0.413. The van der Waals surface area contributed by atoms with Gasteiger partial charge in [0.05, 0.1) is 18.2 Å². The number of carbonyl (C=O) groups is 2. The Kier molecular flexibility index (Phi) is 13.5. The smallest absolute Gasteiger partial charge is 0.338 e. The van der Waals surface area contributed by atoms with Crippen LogP contribution in [0, 0.1) is 0 Å². The standard InChI is InChI=1S/C28H43N3O4S/c1-5-6-7-8-9-10-11-12-13-17-24(32)29-23-16-14-15-22(20-23)26-25(27(33)35-19-18-34-4)21(2)31(3)28(36)30-26/h14-16,20,26H,5-13,17-19H2,1-4H3,(H,29,32)(H,30,36). The number of allylic oxidation sites excluding steroid dienone is 1. The molecule has 1 heterocycles. The van der Waals surface area contributed by atoms with Crippen LogP contribution in [-0.2, 0) is 19.1 Å². The predicted molar refractivity (Wildman–Crippen MR) is 149 cm³/mol. The molecule has 1 amide bonds. The van der Waals surface area contributed by atoms with E-state index in [2.05, 4.69) is 17.6 Å². The van der Waals surface area contributed by atoms with Crippen LogP contribution < -0.4 is 10.6 Å². The van der Waals surface area contributed by atoms with Crippen LogP contribution in [0.15, 0.2) is 35.5 Å². The Morgan fingerprint density at radius 1 is 1.06 bits per heavy atom. The Balaban J connectivity index is 1.95. The lowest BCUT2D eigenvalue weighted by Crippen LogP contribution is -2.46. The predicted octanol–water partition coefficient (Wildman–Crippen LogP) is 5.87. The van der Waals surface area contributed by atoms with Crippen LogP contribution in [0.4, 0.5) is 5.69 Å². The van der Waals surface area contributed by atoms with Crippen molar-refractivity contribution in [2.45, 2.75) is 84.1 Å². The summed E-state index contributed by atoms with van der Waals surface area (Å²) in [5, 5.41) is 6.76. The number of rotatable bonds is 16. The zero-order valence-corrected chi connectivity index (χ0v) is 23.2. The molecule has 2 rings (SSSR count). The first-order chi connectivity index (χ1) is 17.4. The monoisotopic (exact) mass is 517 g/mol. The van der Waals surface area contributed by atoms with Crippen molar-refractivity contribution >= 4 is 34.9 Å². The number of anilines is 1. The first-order valence-electron chi connectivity index (χ1n) is 13.2. The topological polar surface area (TPSA) is 79.9 Å². The van der Waals surface area contributed by atoms with Crippen molar-refractivity contribution in [2.75, 3.05) is 32.7 Å². The highest BCUT2D eigenvalue weighted by Gasteiger charge is 2.33. The summed E-state index contributed by atoms with van der Waals surface area (Å²) in [7, 11) is 3.37. The number of methoxy groups -OCH3 is 1. The molecular formula is C28H43N3O4S.